The molecule has 2 aromatic rings. The van der Waals surface area contributed by atoms with Gasteiger partial charge in [0.1, 0.15) is 35.1 Å². The maximum atomic E-state index is 12.6. The van der Waals surface area contributed by atoms with E-state index in [9.17, 15) is 14.7 Å². The Kier molecular flexibility index (Phi) is 5.76. The van der Waals surface area contributed by atoms with Crippen LogP contribution in [0.4, 0.5) is 0 Å². The van der Waals surface area contributed by atoms with Crippen molar-refractivity contribution in [2.45, 2.75) is 24.9 Å². The lowest BCUT2D eigenvalue weighted by Gasteiger charge is -2.41. The summed E-state index contributed by atoms with van der Waals surface area (Å²) in [6.07, 6.45) is 0. The number of aliphatic hydroxyl groups is 1. The van der Waals surface area contributed by atoms with E-state index in [1.807, 2.05) is 60.7 Å². The maximum absolute atomic E-state index is 12.6. The van der Waals surface area contributed by atoms with E-state index >= 15 is 0 Å². The van der Waals surface area contributed by atoms with Gasteiger partial charge in [-0.1, -0.05) is 60.3 Å². The number of allylic oxidation sites excluding steroid dienone is 1. The number of aliphatic imine (C=N–C) groups is 1. The van der Waals surface area contributed by atoms with Gasteiger partial charge in [-0.2, -0.15) is 0 Å². The van der Waals surface area contributed by atoms with Crippen LogP contribution in [-0.4, -0.2) is 44.9 Å². The molecule has 154 valence electrons. The SMILES string of the molecule is CC(O)=C(C(=O)OCc1ccccc1)N1C(=O)C2N=C(COc3ccccc3)SC21. The summed E-state index contributed by atoms with van der Waals surface area (Å²) in [5.74, 6) is -0.656. The van der Waals surface area contributed by atoms with Crippen LogP contribution in [-0.2, 0) is 20.9 Å². The highest BCUT2D eigenvalue weighted by atomic mass is 32.2. The molecule has 1 saturated heterocycles. The molecule has 1 amide bonds. The van der Waals surface area contributed by atoms with Crippen LogP contribution < -0.4 is 4.74 Å². The summed E-state index contributed by atoms with van der Waals surface area (Å²) in [5.41, 5.74) is 0.664. The van der Waals surface area contributed by atoms with Crippen LogP contribution >= 0.6 is 11.8 Å². The van der Waals surface area contributed by atoms with Gasteiger partial charge in [0.05, 0.1) is 0 Å². The first-order chi connectivity index (χ1) is 14.5. The number of rotatable bonds is 7. The molecule has 2 atom stereocenters. The second-order valence-electron chi connectivity index (χ2n) is 6.78. The molecule has 0 radical (unpaired) electrons. The van der Waals surface area contributed by atoms with Gasteiger partial charge in [0.25, 0.3) is 5.91 Å². The Balaban J connectivity index is 1.39. The topological polar surface area (TPSA) is 88.4 Å². The molecule has 2 aliphatic rings. The number of aliphatic hydroxyl groups excluding tert-OH is 1. The first-order valence-corrected chi connectivity index (χ1v) is 10.3. The van der Waals surface area contributed by atoms with Gasteiger partial charge < -0.3 is 14.6 Å². The van der Waals surface area contributed by atoms with Crippen molar-refractivity contribution in [2.75, 3.05) is 6.61 Å². The fraction of sp³-hybridized carbons (Fsp3) is 0.227. The third-order valence-corrected chi connectivity index (χ3v) is 5.86. The molecule has 0 aliphatic carbocycles. The zero-order chi connectivity index (χ0) is 21.1. The lowest BCUT2D eigenvalue weighted by Crippen LogP contribution is -2.61. The van der Waals surface area contributed by atoms with Crippen LogP contribution in [0.25, 0.3) is 0 Å². The first kappa shape index (κ1) is 20.0. The van der Waals surface area contributed by atoms with Crippen molar-refractivity contribution in [1.29, 1.82) is 0 Å². The lowest BCUT2D eigenvalue weighted by molar-refractivity contribution is -0.151. The third-order valence-electron chi connectivity index (χ3n) is 4.65. The van der Waals surface area contributed by atoms with Crippen molar-refractivity contribution < 1.29 is 24.2 Å². The third kappa shape index (κ3) is 4.04. The largest absolute Gasteiger partial charge is 0.510 e. The number of thioether (sulfide) groups is 1. The normalized spacial score (nSPS) is 20.6. The van der Waals surface area contributed by atoms with Crippen molar-refractivity contribution in [3.05, 3.63) is 77.7 Å². The second kappa shape index (κ2) is 8.62. The molecule has 2 aliphatic heterocycles. The van der Waals surface area contributed by atoms with E-state index in [-0.39, 0.29) is 30.6 Å². The van der Waals surface area contributed by atoms with E-state index in [1.54, 1.807) is 0 Å². The number of hydrogen-bond acceptors (Lipinski definition) is 7. The Hall–Kier alpha value is -3.26. The number of β-lactam (4-membered cyclic amide) rings is 1. The Bertz CT molecular complexity index is 1000. The Morgan fingerprint density at radius 1 is 1.10 bits per heavy atom. The van der Waals surface area contributed by atoms with Crippen molar-refractivity contribution >= 4 is 28.7 Å². The number of para-hydroxylation sites is 1. The molecule has 8 heteroatoms. The highest BCUT2D eigenvalue weighted by Gasteiger charge is 2.55. The molecule has 0 saturated carbocycles. The smallest absolute Gasteiger partial charge is 0.358 e. The predicted octanol–water partition coefficient (Wildman–Crippen LogP) is 3.28. The minimum atomic E-state index is -0.750. The number of esters is 1. The summed E-state index contributed by atoms with van der Waals surface area (Å²) >= 11 is 1.35. The number of hydrogen-bond donors (Lipinski definition) is 1. The number of ether oxygens (including phenoxy) is 2. The molecule has 2 heterocycles. The highest BCUT2D eigenvalue weighted by Crippen LogP contribution is 2.42. The molecule has 7 nitrogen and oxygen atoms in total. The molecule has 0 bridgehead atoms. The molecule has 0 spiro atoms. The average molecular weight is 424 g/mol. The molecular formula is C22H20N2O5S. The van der Waals surface area contributed by atoms with E-state index in [1.165, 1.54) is 23.6 Å². The summed E-state index contributed by atoms with van der Waals surface area (Å²) < 4.78 is 11.0. The maximum Gasteiger partial charge on any atom is 0.358 e. The number of carbonyl (C=O) groups excluding carboxylic acids is 2. The fourth-order valence-corrected chi connectivity index (χ4v) is 4.39. The number of fused-ring (bicyclic) bond motifs is 1. The summed E-state index contributed by atoms with van der Waals surface area (Å²) in [7, 11) is 0. The van der Waals surface area contributed by atoms with Crippen molar-refractivity contribution in [3.63, 3.8) is 0 Å². The van der Waals surface area contributed by atoms with Gasteiger partial charge in [0, 0.05) is 0 Å². The van der Waals surface area contributed by atoms with E-state index in [0.717, 1.165) is 5.56 Å². The van der Waals surface area contributed by atoms with E-state index in [4.69, 9.17) is 9.47 Å². The molecular weight excluding hydrogens is 404 g/mol. The number of amides is 1. The van der Waals surface area contributed by atoms with Gasteiger partial charge in [0.2, 0.25) is 0 Å². The van der Waals surface area contributed by atoms with Gasteiger partial charge in [-0.05, 0) is 24.6 Å². The van der Waals surface area contributed by atoms with Crippen LogP contribution in [0.15, 0.2) is 77.1 Å². The number of likely N-dealkylation sites (tertiary alicyclic amines) is 1. The quantitative estimate of drug-likeness (QED) is 0.318. The van der Waals surface area contributed by atoms with Crippen LogP contribution in [0, 0.1) is 0 Å². The Labute approximate surface area is 178 Å². The Morgan fingerprint density at radius 3 is 2.43 bits per heavy atom. The zero-order valence-electron chi connectivity index (χ0n) is 16.2. The van der Waals surface area contributed by atoms with Gasteiger partial charge >= 0.3 is 5.97 Å². The minimum Gasteiger partial charge on any atom is -0.510 e. The number of benzene rings is 2. The summed E-state index contributed by atoms with van der Waals surface area (Å²) in [4.78, 5) is 30.9. The summed E-state index contributed by atoms with van der Waals surface area (Å²) in [6, 6.07) is 17.9. The highest BCUT2D eigenvalue weighted by molar-refractivity contribution is 8.15. The standard InChI is InChI=1S/C22H20N2O5S/c1-14(25)19(22(27)29-12-15-8-4-2-5-9-15)24-20(26)18-21(24)30-17(23-18)13-28-16-10-6-3-7-11-16/h2-11,18,21,25H,12-13H2,1H3. The number of nitrogens with zero attached hydrogens (tertiary/aromatic N) is 2. The van der Waals surface area contributed by atoms with Gasteiger partial charge in [0.15, 0.2) is 11.7 Å². The Morgan fingerprint density at radius 2 is 1.77 bits per heavy atom. The molecule has 1 fully saturated rings. The van der Waals surface area contributed by atoms with Gasteiger partial charge in [-0.15, -0.1) is 0 Å². The fourth-order valence-electron chi connectivity index (χ4n) is 3.19. The zero-order valence-corrected chi connectivity index (χ0v) is 17.0. The molecule has 2 aromatic carbocycles. The van der Waals surface area contributed by atoms with Crippen molar-refractivity contribution in [1.82, 2.24) is 4.90 Å². The first-order valence-electron chi connectivity index (χ1n) is 9.39. The van der Waals surface area contributed by atoms with Gasteiger partial charge in [-0.3, -0.25) is 14.7 Å². The average Bonchev–Trinajstić information content (AvgIpc) is 3.15. The molecule has 0 aromatic heterocycles. The van der Waals surface area contributed by atoms with Crippen LogP contribution in [0.3, 0.4) is 0 Å². The lowest BCUT2D eigenvalue weighted by atomic mass is 10.1. The van der Waals surface area contributed by atoms with Crippen LogP contribution in [0.1, 0.15) is 12.5 Å². The van der Waals surface area contributed by atoms with Crippen molar-refractivity contribution in [2.24, 2.45) is 4.99 Å². The van der Waals surface area contributed by atoms with E-state index in [2.05, 4.69) is 4.99 Å². The molecule has 2 unspecified atom stereocenters. The molecule has 30 heavy (non-hydrogen) atoms. The number of carbonyl (C=O) groups is 2. The van der Waals surface area contributed by atoms with E-state index < -0.39 is 17.4 Å². The van der Waals surface area contributed by atoms with E-state index in [0.29, 0.717) is 10.8 Å². The molecule has 4 rings (SSSR count). The molecule has 1 N–H and O–H groups in total. The predicted molar refractivity (Wildman–Crippen MR) is 113 cm³/mol. The monoisotopic (exact) mass is 424 g/mol. The van der Waals surface area contributed by atoms with Crippen LogP contribution in [0.5, 0.6) is 5.75 Å². The minimum absolute atomic E-state index is 0.0480. The summed E-state index contributed by atoms with van der Waals surface area (Å²) in [5, 5.41) is 10.4. The van der Waals surface area contributed by atoms with Crippen LogP contribution in [0.2, 0.25) is 0 Å². The van der Waals surface area contributed by atoms with Gasteiger partial charge in [-0.25, -0.2) is 4.79 Å². The summed E-state index contributed by atoms with van der Waals surface area (Å²) in [6.45, 7) is 1.64. The van der Waals surface area contributed by atoms with Crippen molar-refractivity contribution in [3.8, 4) is 5.75 Å². The second-order valence-corrected chi connectivity index (χ2v) is 7.97.